The predicted octanol–water partition coefficient (Wildman–Crippen LogP) is 3.92. The van der Waals surface area contributed by atoms with E-state index in [4.69, 9.17) is 4.74 Å². The zero-order valence-electron chi connectivity index (χ0n) is 13.9. The molecule has 2 aromatic carbocycles. The van der Waals surface area contributed by atoms with Crippen LogP contribution in [0.2, 0.25) is 0 Å². The molecule has 0 unspecified atom stereocenters. The van der Waals surface area contributed by atoms with Crippen molar-refractivity contribution in [2.45, 2.75) is 6.92 Å². The Morgan fingerprint density at radius 2 is 1.88 bits per heavy atom. The van der Waals surface area contributed by atoms with Gasteiger partial charge in [-0.2, -0.15) is 0 Å². The number of rotatable bonds is 5. The van der Waals surface area contributed by atoms with Crippen molar-refractivity contribution in [3.05, 3.63) is 59.7 Å². The van der Waals surface area contributed by atoms with Gasteiger partial charge < -0.3 is 9.64 Å². The summed E-state index contributed by atoms with van der Waals surface area (Å²) in [4.78, 5) is 19.2. The summed E-state index contributed by atoms with van der Waals surface area (Å²) in [6.45, 7) is 3.23. The highest BCUT2D eigenvalue weighted by molar-refractivity contribution is 8.14. The van der Waals surface area contributed by atoms with Gasteiger partial charge in [-0.05, 0) is 31.2 Å². The Balaban J connectivity index is 1.71. The van der Waals surface area contributed by atoms with E-state index in [1.54, 1.807) is 18.9 Å². The maximum Gasteiger partial charge on any atom is 0.182 e. The van der Waals surface area contributed by atoms with Crippen molar-refractivity contribution in [2.75, 3.05) is 26.0 Å². The summed E-state index contributed by atoms with van der Waals surface area (Å²) in [7, 11) is 1.64. The van der Waals surface area contributed by atoms with Gasteiger partial charge in [-0.25, -0.2) is 4.99 Å². The number of aliphatic imine (C=N–C) groups is 1. The number of ketones is 1. The van der Waals surface area contributed by atoms with E-state index >= 15 is 0 Å². The third-order valence-electron chi connectivity index (χ3n) is 3.87. The molecule has 4 nitrogen and oxygen atoms in total. The molecule has 0 amide bonds. The van der Waals surface area contributed by atoms with Crippen molar-refractivity contribution in [1.82, 2.24) is 4.90 Å². The lowest BCUT2D eigenvalue weighted by Crippen LogP contribution is -2.30. The molecule has 1 fully saturated rings. The number of hydrogen-bond donors (Lipinski definition) is 0. The number of carbonyl (C=O) groups is 1. The zero-order valence-corrected chi connectivity index (χ0v) is 14.7. The first-order valence-corrected chi connectivity index (χ1v) is 8.84. The monoisotopic (exact) mass is 340 g/mol. The first kappa shape index (κ1) is 16.6. The minimum absolute atomic E-state index is 0.125. The standard InChI is InChI=1S/C19H20N2O2S/c1-14-3-5-15(6-4-14)18(22)13-21-11-12-24-19(21)20-16-7-9-17(23-2)10-8-16/h3-10H,11-13H2,1-2H3. The van der Waals surface area contributed by atoms with Crippen molar-refractivity contribution in [3.8, 4) is 5.75 Å². The van der Waals surface area contributed by atoms with Gasteiger partial charge in [-0.3, -0.25) is 4.79 Å². The number of hydrogen-bond acceptors (Lipinski definition) is 4. The summed E-state index contributed by atoms with van der Waals surface area (Å²) in [6, 6.07) is 15.3. The second kappa shape index (κ2) is 7.53. The van der Waals surface area contributed by atoms with E-state index in [0.29, 0.717) is 6.54 Å². The first-order valence-electron chi connectivity index (χ1n) is 7.86. The highest BCUT2D eigenvalue weighted by atomic mass is 32.2. The van der Waals surface area contributed by atoms with Gasteiger partial charge in [-0.15, -0.1) is 0 Å². The SMILES string of the molecule is COc1ccc(N=C2SCCN2CC(=O)c2ccc(C)cc2)cc1. The van der Waals surface area contributed by atoms with Crippen LogP contribution >= 0.6 is 11.8 Å². The molecule has 0 aromatic heterocycles. The second-order valence-corrected chi connectivity index (χ2v) is 6.71. The number of nitrogens with zero attached hydrogens (tertiary/aromatic N) is 2. The lowest BCUT2D eigenvalue weighted by atomic mass is 10.1. The number of carbonyl (C=O) groups excluding carboxylic acids is 1. The minimum Gasteiger partial charge on any atom is -0.497 e. The quantitative estimate of drug-likeness (QED) is 0.774. The van der Waals surface area contributed by atoms with Crippen LogP contribution in [0.1, 0.15) is 15.9 Å². The summed E-state index contributed by atoms with van der Waals surface area (Å²) in [6.07, 6.45) is 0. The van der Waals surface area contributed by atoms with Crippen LogP contribution in [0.25, 0.3) is 0 Å². The molecular weight excluding hydrogens is 320 g/mol. The molecule has 24 heavy (non-hydrogen) atoms. The molecule has 1 aliphatic rings. The number of amidine groups is 1. The molecule has 1 heterocycles. The molecular formula is C19H20N2O2S. The molecule has 0 spiro atoms. The average molecular weight is 340 g/mol. The Kier molecular flexibility index (Phi) is 5.20. The molecule has 0 aliphatic carbocycles. The van der Waals surface area contributed by atoms with Gasteiger partial charge in [0.05, 0.1) is 19.3 Å². The van der Waals surface area contributed by atoms with Crippen LogP contribution in [0, 0.1) is 6.92 Å². The van der Waals surface area contributed by atoms with E-state index in [0.717, 1.165) is 40.0 Å². The molecule has 0 N–H and O–H groups in total. The highest BCUT2D eigenvalue weighted by Crippen LogP contribution is 2.24. The lowest BCUT2D eigenvalue weighted by molar-refractivity contribution is 0.0967. The lowest BCUT2D eigenvalue weighted by Gasteiger charge is -2.17. The molecule has 0 bridgehead atoms. The summed E-state index contributed by atoms with van der Waals surface area (Å²) in [5.41, 5.74) is 2.78. The average Bonchev–Trinajstić information content (AvgIpc) is 3.03. The van der Waals surface area contributed by atoms with Crippen LogP contribution in [0.4, 0.5) is 5.69 Å². The van der Waals surface area contributed by atoms with Crippen molar-refractivity contribution < 1.29 is 9.53 Å². The Bertz CT molecular complexity index is 739. The largest absolute Gasteiger partial charge is 0.497 e. The topological polar surface area (TPSA) is 41.9 Å². The smallest absolute Gasteiger partial charge is 0.182 e. The first-order chi connectivity index (χ1) is 11.7. The van der Waals surface area contributed by atoms with Crippen molar-refractivity contribution in [3.63, 3.8) is 0 Å². The van der Waals surface area contributed by atoms with Crippen LogP contribution in [-0.2, 0) is 0 Å². The fourth-order valence-corrected chi connectivity index (χ4v) is 3.46. The highest BCUT2D eigenvalue weighted by Gasteiger charge is 2.22. The number of benzene rings is 2. The molecule has 2 aromatic rings. The predicted molar refractivity (Wildman–Crippen MR) is 99.6 cm³/mol. The number of aryl methyl sites for hydroxylation is 1. The third-order valence-corrected chi connectivity index (χ3v) is 4.86. The van der Waals surface area contributed by atoms with Crippen LogP contribution in [0.3, 0.4) is 0 Å². The number of methoxy groups -OCH3 is 1. The van der Waals surface area contributed by atoms with Crippen LogP contribution < -0.4 is 4.74 Å². The van der Waals surface area contributed by atoms with Gasteiger partial charge in [0.1, 0.15) is 5.75 Å². The normalized spacial score (nSPS) is 15.8. The van der Waals surface area contributed by atoms with E-state index in [2.05, 4.69) is 9.89 Å². The van der Waals surface area contributed by atoms with Crippen LogP contribution in [0.15, 0.2) is 53.5 Å². The molecule has 5 heteroatoms. The van der Waals surface area contributed by atoms with Crippen molar-refractivity contribution in [2.24, 2.45) is 4.99 Å². The number of ether oxygens (including phenoxy) is 1. The van der Waals surface area contributed by atoms with E-state index in [-0.39, 0.29) is 5.78 Å². The summed E-state index contributed by atoms with van der Waals surface area (Å²) in [5, 5.41) is 0.903. The fourth-order valence-electron chi connectivity index (χ4n) is 2.46. The maximum atomic E-state index is 12.5. The van der Waals surface area contributed by atoms with Gasteiger partial charge in [0.15, 0.2) is 11.0 Å². The van der Waals surface area contributed by atoms with E-state index in [1.807, 2.05) is 55.5 Å². The van der Waals surface area contributed by atoms with E-state index < -0.39 is 0 Å². The molecule has 1 saturated heterocycles. The Hall–Kier alpha value is -2.27. The van der Waals surface area contributed by atoms with Crippen LogP contribution in [0.5, 0.6) is 5.75 Å². The van der Waals surface area contributed by atoms with Gasteiger partial charge >= 0.3 is 0 Å². The van der Waals surface area contributed by atoms with Gasteiger partial charge in [0.2, 0.25) is 0 Å². The Labute approximate surface area is 146 Å². The fraction of sp³-hybridized carbons (Fsp3) is 0.263. The number of thioether (sulfide) groups is 1. The van der Waals surface area contributed by atoms with Gasteiger partial charge in [0, 0.05) is 17.9 Å². The van der Waals surface area contributed by atoms with Gasteiger partial charge in [0.25, 0.3) is 0 Å². The zero-order chi connectivity index (χ0) is 16.9. The Morgan fingerprint density at radius 1 is 1.17 bits per heavy atom. The molecule has 124 valence electrons. The summed E-state index contributed by atoms with van der Waals surface area (Å²) < 4.78 is 5.16. The molecule has 0 atom stereocenters. The number of Topliss-reactive ketones (excluding diaryl/α,β-unsaturated/α-hetero) is 1. The summed E-state index contributed by atoms with van der Waals surface area (Å²) in [5.74, 6) is 1.89. The second-order valence-electron chi connectivity index (χ2n) is 5.65. The van der Waals surface area contributed by atoms with Crippen molar-refractivity contribution in [1.29, 1.82) is 0 Å². The third kappa shape index (κ3) is 3.97. The Morgan fingerprint density at radius 3 is 2.54 bits per heavy atom. The van der Waals surface area contributed by atoms with Crippen molar-refractivity contribution >= 4 is 28.4 Å². The minimum atomic E-state index is 0.125. The van der Waals surface area contributed by atoms with E-state index in [9.17, 15) is 4.79 Å². The van der Waals surface area contributed by atoms with Gasteiger partial charge in [-0.1, -0.05) is 41.6 Å². The van der Waals surface area contributed by atoms with E-state index in [1.165, 1.54) is 0 Å². The molecule has 3 rings (SSSR count). The molecule has 0 saturated carbocycles. The molecule has 0 radical (unpaired) electrons. The van der Waals surface area contributed by atoms with Crippen LogP contribution in [-0.4, -0.2) is 41.8 Å². The molecule has 1 aliphatic heterocycles. The summed E-state index contributed by atoms with van der Waals surface area (Å²) >= 11 is 1.69. The maximum absolute atomic E-state index is 12.5.